The van der Waals surface area contributed by atoms with Crippen LogP contribution in [0.4, 0.5) is 0 Å². The zero-order valence-electron chi connectivity index (χ0n) is 8.85. The van der Waals surface area contributed by atoms with E-state index in [0.29, 0.717) is 11.5 Å². The quantitative estimate of drug-likeness (QED) is 0.693. The summed E-state index contributed by atoms with van der Waals surface area (Å²) in [6, 6.07) is 0.451. The molecule has 0 amide bonds. The maximum absolute atomic E-state index is 11.6. The molecule has 1 aliphatic carbocycles. The molecule has 0 aromatic carbocycles. The summed E-state index contributed by atoms with van der Waals surface area (Å²) in [5.41, 5.74) is 0. The number of nitrogens with one attached hydrogen (secondary N) is 1. The predicted molar refractivity (Wildman–Crippen MR) is 58.5 cm³/mol. The molecule has 86 valence electrons. The number of fused-ring (bicyclic) bond motifs is 1. The second-order valence-electron chi connectivity index (χ2n) is 5.14. The molecule has 0 aromatic heterocycles. The molecular formula is C10H18N2O2S. The van der Waals surface area contributed by atoms with Gasteiger partial charge in [0.2, 0.25) is 0 Å². The normalized spacial score (nSPS) is 40.3. The molecule has 5 heteroatoms. The number of hydrogen-bond acceptors (Lipinski definition) is 4. The first-order chi connectivity index (χ1) is 7.14. The summed E-state index contributed by atoms with van der Waals surface area (Å²) in [7, 11) is -2.78. The van der Waals surface area contributed by atoms with Crippen LogP contribution in [-0.4, -0.2) is 56.5 Å². The van der Waals surface area contributed by atoms with Crippen molar-refractivity contribution < 1.29 is 8.42 Å². The van der Waals surface area contributed by atoms with Gasteiger partial charge in [0, 0.05) is 31.7 Å². The number of hydrogen-bond donors (Lipinski definition) is 1. The molecule has 3 aliphatic rings. The van der Waals surface area contributed by atoms with Crippen molar-refractivity contribution in [3.05, 3.63) is 0 Å². The summed E-state index contributed by atoms with van der Waals surface area (Å²) in [6.45, 7) is 3.09. The lowest BCUT2D eigenvalue weighted by Crippen LogP contribution is -2.57. The highest BCUT2D eigenvalue weighted by molar-refractivity contribution is 7.91. The van der Waals surface area contributed by atoms with Gasteiger partial charge in [-0.25, -0.2) is 8.42 Å². The van der Waals surface area contributed by atoms with Crippen molar-refractivity contribution in [2.45, 2.75) is 24.9 Å². The Hall–Kier alpha value is -0.130. The molecule has 2 heterocycles. The Labute approximate surface area is 90.9 Å². The van der Waals surface area contributed by atoms with Crippen molar-refractivity contribution >= 4 is 9.84 Å². The topological polar surface area (TPSA) is 49.4 Å². The van der Waals surface area contributed by atoms with Gasteiger partial charge in [-0.15, -0.1) is 0 Å². The van der Waals surface area contributed by atoms with Gasteiger partial charge in [0.15, 0.2) is 9.84 Å². The predicted octanol–water partition coefficient (Wildman–Crippen LogP) is -0.533. The Morgan fingerprint density at radius 3 is 2.80 bits per heavy atom. The van der Waals surface area contributed by atoms with E-state index in [0.717, 1.165) is 25.6 Å². The lowest BCUT2D eigenvalue weighted by atomic mass is 10.1. The van der Waals surface area contributed by atoms with Gasteiger partial charge in [-0.2, -0.15) is 0 Å². The Morgan fingerprint density at radius 1 is 1.27 bits per heavy atom. The maximum atomic E-state index is 11.6. The molecule has 1 N–H and O–H groups in total. The molecule has 4 nitrogen and oxygen atoms in total. The lowest BCUT2D eigenvalue weighted by molar-refractivity contribution is 0.143. The maximum Gasteiger partial charge on any atom is 0.153 e. The molecule has 0 spiro atoms. The summed E-state index contributed by atoms with van der Waals surface area (Å²) in [5.74, 6) is 1.57. The van der Waals surface area contributed by atoms with Crippen LogP contribution in [0.25, 0.3) is 0 Å². The van der Waals surface area contributed by atoms with E-state index in [-0.39, 0.29) is 12.1 Å². The second kappa shape index (κ2) is 3.43. The van der Waals surface area contributed by atoms with Crippen LogP contribution in [0.15, 0.2) is 0 Å². The van der Waals surface area contributed by atoms with Gasteiger partial charge < -0.3 is 5.32 Å². The van der Waals surface area contributed by atoms with Crippen LogP contribution in [-0.2, 0) is 9.84 Å². The van der Waals surface area contributed by atoms with Gasteiger partial charge in [-0.05, 0) is 18.8 Å². The largest absolute Gasteiger partial charge is 0.310 e. The summed E-state index contributed by atoms with van der Waals surface area (Å²) >= 11 is 0. The lowest BCUT2D eigenvalue weighted by Gasteiger charge is -2.37. The zero-order chi connectivity index (χ0) is 10.5. The van der Waals surface area contributed by atoms with Gasteiger partial charge >= 0.3 is 0 Å². The minimum absolute atomic E-state index is 0.197. The molecule has 0 unspecified atom stereocenters. The van der Waals surface area contributed by atoms with Crippen molar-refractivity contribution in [2.75, 3.05) is 31.1 Å². The summed E-state index contributed by atoms with van der Waals surface area (Å²) < 4.78 is 23.2. The molecule has 0 aromatic rings. The third-order valence-corrected chi connectivity index (χ3v) is 5.50. The van der Waals surface area contributed by atoms with E-state index >= 15 is 0 Å². The average Bonchev–Trinajstić information content (AvgIpc) is 2.88. The molecule has 0 bridgehead atoms. The van der Waals surface area contributed by atoms with Crippen LogP contribution in [0, 0.1) is 5.92 Å². The van der Waals surface area contributed by atoms with Gasteiger partial charge in [0.05, 0.1) is 11.5 Å². The molecule has 1 saturated carbocycles. The van der Waals surface area contributed by atoms with Gasteiger partial charge in [0.1, 0.15) is 0 Å². The fraction of sp³-hybridized carbons (Fsp3) is 1.00. The van der Waals surface area contributed by atoms with Crippen molar-refractivity contribution in [1.29, 1.82) is 0 Å². The standard InChI is InChI=1S/C10H18N2O2S/c13-15(14)6-9-10(7-15)12(4-3-11-9)5-8-1-2-8/h8-11H,1-7H2/t9-,10-/m0/s1. The van der Waals surface area contributed by atoms with Crippen molar-refractivity contribution in [2.24, 2.45) is 5.92 Å². The van der Waals surface area contributed by atoms with Gasteiger partial charge in [-0.1, -0.05) is 0 Å². The van der Waals surface area contributed by atoms with E-state index in [1.54, 1.807) is 0 Å². The minimum atomic E-state index is -2.78. The Bertz CT molecular complexity index is 350. The average molecular weight is 230 g/mol. The molecule has 15 heavy (non-hydrogen) atoms. The van der Waals surface area contributed by atoms with Crippen LogP contribution in [0.5, 0.6) is 0 Å². The van der Waals surface area contributed by atoms with E-state index < -0.39 is 9.84 Å². The van der Waals surface area contributed by atoms with Crippen molar-refractivity contribution in [3.8, 4) is 0 Å². The fourth-order valence-electron chi connectivity index (χ4n) is 2.80. The third kappa shape index (κ3) is 2.05. The Balaban J connectivity index is 1.73. The first kappa shape index (κ1) is 10.1. The first-order valence-corrected chi connectivity index (χ1v) is 7.64. The Morgan fingerprint density at radius 2 is 2.07 bits per heavy atom. The third-order valence-electron chi connectivity index (χ3n) is 3.79. The second-order valence-corrected chi connectivity index (χ2v) is 7.30. The van der Waals surface area contributed by atoms with Crippen LogP contribution >= 0.6 is 0 Å². The Kier molecular flexibility index (Phi) is 2.30. The number of sulfone groups is 1. The summed E-state index contributed by atoms with van der Waals surface area (Å²) in [6.07, 6.45) is 2.68. The highest BCUT2D eigenvalue weighted by atomic mass is 32.2. The van der Waals surface area contributed by atoms with Crippen molar-refractivity contribution in [1.82, 2.24) is 10.2 Å². The van der Waals surface area contributed by atoms with Gasteiger partial charge in [0.25, 0.3) is 0 Å². The zero-order valence-corrected chi connectivity index (χ0v) is 9.67. The van der Waals surface area contributed by atoms with Crippen LogP contribution < -0.4 is 5.32 Å². The molecule has 3 fully saturated rings. The van der Waals surface area contributed by atoms with Crippen LogP contribution in [0.3, 0.4) is 0 Å². The summed E-state index contributed by atoms with van der Waals surface area (Å²) in [4.78, 5) is 2.41. The first-order valence-electron chi connectivity index (χ1n) is 5.82. The monoisotopic (exact) mass is 230 g/mol. The fourth-order valence-corrected chi connectivity index (χ4v) is 4.79. The molecule has 2 saturated heterocycles. The van der Waals surface area contributed by atoms with E-state index in [2.05, 4.69) is 10.2 Å². The smallest absolute Gasteiger partial charge is 0.153 e. The highest BCUT2D eigenvalue weighted by Gasteiger charge is 2.43. The molecule has 0 radical (unpaired) electrons. The molecule has 2 aliphatic heterocycles. The van der Waals surface area contributed by atoms with Crippen LogP contribution in [0.2, 0.25) is 0 Å². The number of nitrogens with zero attached hydrogens (tertiary/aromatic N) is 1. The van der Waals surface area contributed by atoms with Gasteiger partial charge in [-0.3, -0.25) is 4.90 Å². The number of rotatable bonds is 2. The van der Waals surface area contributed by atoms with E-state index in [4.69, 9.17) is 0 Å². The van der Waals surface area contributed by atoms with E-state index in [1.165, 1.54) is 12.8 Å². The SMILES string of the molecule is O=S1(=O)C[C@@H]2NCCN(CC3CC3)[C@H]2C1. The van der Waals surface area contributed by atoms with E-state index in [9.17, 15) is 8.42 Å². The molecule has 2 atom stereocenters. The summed E-state index contributed by atoms with van der Waals surface area (Å²) in [5, 5.41) is 3.34. The minimum Gasteiger partial charge on any atom is -0.310 e. The highest BCUT2D eigenvalue weighted by Crippen LogP contribution is 2.32. The van der Waals surface area contributed by atoms with Crippen LogP contribution in [0.1, 0.15) is 12.8 Å². The molecule has 3 rings (SSSR count). The number of piperazine rings is 1. The van der Waals surface area contributed by atoms with E-state index in [1.807, 2.05) is 0 Å². The van der Waals surface area contributed by atoms with Crippen molar-refractivity contribution in [3.63, 3.8) is 0 Å². The molecular weight excluding hydrogens is 212 g/mol.